The maximum Gasteiger partial charge on any atom is 0.305 e. The summed E-state index contributed by atoms with van der Waals surface area (Å²) in [4.78, 5) is 87.0. The minimum atomic E-state index is -1.33. The van der Waals surface area contributed by atoms with Crippen molar-refractivity contribution in [1.82, 2.24) is 20.7 Å². The van der Waals surface area contributed by atoms with Gasteiger partial charge in [-0.2, -0.15) is 0 Å². The molecule has 0 spiro atoms. The molecule has 4 N–H and O–H groups in total. The number of amides is 5. The number of carbonyl (C=O) groups excluding carboxylic acids is 6. The minimum Gasteiger partial charge on any atom is -0.481 e. The smallest absolute Gasteiger partial charge is 0.305 e. The lowest BCUT2D eigenvalue weighted by atomic mass is 10.1. The van der Waals surface area contributed by atoms with Gasteiger partial charge in [-0.3, -0.25) is 28.8 Å². The van der Waals surface area contributed by atoms with E-state index >= 15 is 0 Å². The van der Waals surface area contributed by atoms with Gasteiger partial charge in [-0.05, 0) is 42.7 Å². The number of carbonyl (C=O) groups is 7. The van der Waals surface area contributed by atoms with Gasteiger partial charge >= 0.3 is 5.97 Å². The number of hydrogen-bond acceptors (Lipinski definition) is 7. The van der Waals surface area contributed by atoms with E-state index in [1.807, 2.05) is 30.3 Å². The molecule has 218 valence electrons. The summed E-state index contributed by atoms with van der Waals surface area (Å²) in [6, 6.07) is 11.5. The lowest BCUT2D eigenvalue weighted by Gasteiger charge is -2.39. The standard InChI is InChI=1S/C29H29N5O8/c35-17-21(16-26(38)39)31-28(41)23-7-4-14-33-25(37)13-12-22(29(42)34(23)33)32-27(40)19-8-10-20(11-9-19)30-24(36)15-18-5-2-1-3-6-18/h1-6,8-11,14,17,21-23H,7,12-13,15-16H2,(H,30,36)(H,31,41)(H,32,40)(H,38,39)/t21-,22-,23-/m0/s1. The number of hydrazine groups is 1. The third kappa shape index (κ3) is 7.24. The highest BCUT2D eigenvalue weighted by molar-refractivity contribution is 6.00. The molecule has 1 saturated heterocycles. The second-order valence-corrected chi connectivity index (χ2v) is 9.76. The summed E-state index contributed by atoms with van der Waals surface area (Å²) in [5.74, 6) is -4.16. The van der Waals surface area contributed by atoms with Crippen LogP contribution in [0.15, 0.2) is 66.9 Å². The Morgan fingerprint density at radius 3 is 2.40 bits per heavy atom. The monoisotopic (exact) mass is 575 g/mol. The molecule has 0 aromatic heterocycles. The molecule has 1 fully saturated rings. The number of hydrogen-bond donors (Lipinski definition) is 4. The van der Waals surface area contributed by atoms with Crippen LogP contribution >= 0.6 is 0 Å². The maximum atomic E-state index is 13.6. The Morgan fingerprint density at radius 2 is 1.74 bits per heavy atom. The molecular weight excluding hydrogens is 546 g/mol. The zero-order valence-electron chi connectivity index (χ0n) is 22.4. The Morgan fingerprint density at radius 1 is 1.02 bits per heavy atom. The topological polar surface area (TPSA) is 182 Å². The summed E-state index contributed by atoms with van der Waals surface area (Å²) in [7, 11) is 0. The molecule has 13 heteroatoms. The van der Waals surface area contributed by atoms with Crippen LogP contribution in [-0.4, -0.2) is 75.0 Å². The van der Waals surface area contributed by atoms with E-state index in [-0.39, 0.29) is 43.4 Å². The van der Waals surface area contributed by atoms with Crippen molar-refractivity contribution >= 4 is 47.5 Å². The van der Waals surface area contributed by atoms with E-state index in [0.29, 0.717) is 5.69 Å². The van der Waals surface area contributed by atoms with Crippen molar-refractivity contribution in [3.8, 4) is 0 Å². The number of carboxylic acid groups (broad SMARTS) is 1. The number of benzene rings is 2. The van der Waals surface area contributed by atoms with Gasteiger partial charge in [-0.1, -0.05) is 36.4 Å². The number of nitrogens with one attached hydrogen (secondary N) is 3. The Bertz CT molecular complexity index is 1410. The van der Waals surface area contributed by atoms with Crippen LogP contribution in [0.25, 0.3) is 0 Å². The molecule has 2 heterocycles. The SMILES string of the molecule is O=C[C@H](CC(=O)O)NC(=O)[C@@H]1CC=CN2C(=O)CC[C@H](NC(=O)c3ccc(NC(=O)Cc4ccccc4)cc3)C(=O)N12. The number of fused-ring (bicyclic) bond motifs is 1. The first-order valence-corrected chi connectivity index (χ1v) is 13.2. The van der Waals surface area contributed by atoms with Gasteiger partial charge < -0.3 is 25.9 Å². The summed E-state index contributed by atoms with van der Waals surface area (Å²) in [5.41, 5.74) is 1.53. The van der Waals surface area contributed by atoms with Crippen LogP contribution in [0.3, 0.4) is 0 Å². The summed E-state index contributed by atoms with van der Waals surface area (Å²) in [5, 5.41) is 18.6. The van der Waals surface area contributed by atoms with Gasteiger partial charge in [0.15, 0.2) is 0 Å². The molecular formula is C29H29N5O8. The van der Waals surface area contributed by atoms with E-state index < -0.39 is 54.1 Å². The van der Waals surface area contributed by atoms with E-state index in [0.717, 1.165) is 15.6 Å². The van der Waals surface area contributed by atoms with Crippen LogP contribution in [-0.2, 0) is 35.2 Å². The quantitative estimate of drug-likeness (QED) is 0.300. The number of carboxylic acids is 1. The molecule has 2 aromatic carbocycles. The lowest BCUT2D eigenvalue weighted by Crippen LogP contribution is -2.62. The third-order valence-corrected chi connectivity index (χ3v) is 6.69. The van der Waals surface area contributed by atoms with Crippen molar-refractivity contribution in [3.05, 3.63) is 78.0 Å². The van der Waals surface area contributed by atoms with Gasteiger partial charge in [-0.15, -0.1) is 0 Å². The van der Waals surface area contributed by atoms with Crippen LogP contribution < -0.4 is 16.0 Å². The predicted octanol–water partition coefficient (Wildman–Crippen LogP) is 0.777. The number of aliphatic carboxylic acids is 1. The fourth-order valence-electron chi connectivity index (χ4n) is 4.63. The van der Waals surface area contributed by atoms with Gasteiger partial charge in [0.2, 0.25) is 17.7 Å². The molecule has 4 rings (SSSR count). The van der Waals surface area contributed by atoms with Gasteiger partial charge in [0.05, 0.1) is 18.9 Å². The molecule has 0 unspecified atom stereocenters. The van der Waals surface area contributed by atoms with Crippen molar-refractivity contribution in [2.45, 2.75) is 50.2 Å². The zero-order chi connectivity index (χ0) is 30.2. The van der Waals surface area contributed by atoms with Crippen LogP contribution in [0.5, 0.6) is 0 Å². The Hall–Kier alpha value is -5.33. The maximum absolute atomic E-state index is 13.6. The molecule has 0 saturated carbocycles. The van der Waals surface area contributed by atoms with Crippen molar-refractivity contribution in [3.63, 3.8) is 0 Å². The molecule has 2 aliphatic heterocycles. The normalized spacial score (nSPS) is 18.8. The molecule has 42 heavy (non-hydrogen) atoms. The zero-order valence-corrected chi connectivity index (χ0v) is 22.4. The highest BCUT2D eigenvalue weighted by Gasteiger charge is 2.43. The average molecular weight is 576 g/mol. The molecule has 5 amide bonds. The van der Waals surface area contributed by atoms with Crippen LogP contribution in [0.2, 0.25) is 0 Å². The Labute approximate surface area is 240 Å². The van der Waals surface area contributed by atoms with Crippen LogP contribution in [0.4, 0.5) is 5.69 Å². The molecule has 13 nitrogen and oxygen atoms in total. The van der Waals surface area contributed by atoms with E-state index in [2.05, 4.69) is 16.0 Å². The molecule has 3 atom stereocenters. The Balaban J connectivity index is 1.43. The van der Waals surface area contributed by atoms with Crippen LogP contribution in [0, 0.1) is 0 Å². The summed E-state index contributed by atoms with van der Waals surface area (Å²) in [6.45, 7) is 0. The van der Waals surface area contributed by atoms with Gasteiger partial charge in [0.1, 0.15) is 18.4 Å². The van der Waals surface area contributed by atoms with E-state index in [1.54, 1.807) is 12.1 Å². The average Bonchev–Trinajstić information content (AvgIpc) is 3.09. The minimum absolute atomic E-state index is 0.00186. The summed E-state index contributed by atoms with van der Waals surface area (Å²) in [6.07, 6.45) is 2.55. The van der Waals surface area contributed by atoms with Gasteiger partial charge in [0.25, 0.3) is 11.8 Å². The summed E-state index contributed by atoms with van der Waals surface area (Å²) >= 11 is 0. The van der Waals surface area contributed by atoms with Crippen LogP contribution in [0.1, 0.15) is 41.6 Å². The van der Waals surface area contributed by atoms with E-state index in [4.69, 9.17) is 5.11 Å². The van der Waals surface area contributed by atoms with Gasteiger partial charge in [0, 0.05) is 23.9 Å². The Kier molecular flexibility index (Phi) is 9.42. The molecule has 0 aliphatic carbocycles. The van der Waals surface area contributed by atoms with Crippen molar-refractivity contribution in [2.24, 2.45) is 0 Å². The number of anilines is 1. The number of aldehydes is 1. The van der Waals surface area contributed by atoms with Crippen molar-refractivity contribution < 1.29 is 38.7 Å². The number of rotatable bonds is 10. The first-order chi connectivity index (χ1) is 20.2. The first-order valence-electron chi connectivity index (χ1n) is 13.2. The molecule has 0 radical (unpaired) electrons. The van der Waals surface area contributed by atoms with Crippen molar-refractivity contribution in [2.75, 3.05) is 5.32 Å². The van der Waals surface area contributed by atoms with E-state index in [9.17, 15) is 33.6 Å². The predicted molar refractivity (Wildman–Crippen MR) is 147 cm³/mol. The van der Waals surface area contributed by atoms with Gasteiger partial charge in [-0.25, -0.2) is 10.0 Å². The third-order valence-electron chi connectivity index (χ3n) is 6.69. The summed E-state index contributed by atoms with van der Waals surface area (Å²) < 4.78 is 0. The fraction of sp³-hybridized carbons (Fsp3) is 0.276. The van der Waals surface area contributed by atoms with E-state index in [1.165, 1.54) is 24.4 Å². The fourth-order valence-corrected chi connectivity index (χ4v) is 4.63. The molecule has 2 aliphatic rings. The van der Waals surface area contributed by atoms with Crippen molar-refractivity contribution in [1.29, 1.82) is 0 Å². The molecule has 2 aromatic rings. The largest absolute Gasteiger partial charge is 0.481 e. The second kappa shape index (κ2) is 13.4. The highest BCUT2D eigenvalue weighted by Crippen LogP contribution is 2.24. The lowest BCUT2D eigenvalue weighted by molar-refractivity contribution is -0.166. The number of nitrogens with zero attached hydrogens (tertiary/aromatic N) is 2. The second-order valence-electron chi connectivity index (χ2n) is 9.76. The first kappa shape index (κ1) is 29.6. The molecule has 0 bridgehead atoms. The highest BCUT2D eigenvalue weighted by atomic mass is 16.4.